The zero-order valence-corrected chi connectivity index (χ0v) is 17.0. The van der Waals surface area contributed by atoms with E-state index in [4.69, 9.17) is 9.47 Å². The van der Waals surface area contributed by atoms with Gasteiger partial charge in [-0.3, -0.25) is 0 Å². The van der Waals surface area contributed by atoms with Gasteiger partial charge in [0.15, 0.2) is 5.69 Å². The average Bonchev–Trinajstić information content (AvgIpc) is 3.32. The van der Waals surface area contributed by atoms with Gasteiger partial charge in [0.2, 0.25) is 6.29 Å². The van der Waals surface area contributed by atoms with Crippen molar-refractivity contribution in [2.24, 2.45) is 0 Å². The summed E-state index contributed by atoms with van der Waals surface area (Å²) in [4.78, 5) is 24.7. The minimum Gasteiger partial charge on any atom is -0.435 e. The van der Waals surface area contributed by atoms with Crippen LogP contribution in [0, 0.1) is 11.3 Å². The molecular formula is C20H21N5O5. The third-order valence-corrected chi connectivity index (χ3v) is 4.22. The molecule has 3 rings (SSSR count). The number of rotatable bonds is 6. The molecule has 0 aliphatic carbocycles. The maximum absolute atomic E-state index is 12.2. The van der Waals surface area contributed by atoms with Crippen molar-refractivity contribution < 1.29 is 23.8 Å². The predicted molar refractivity (Wildman–Crippen MR) is 105 cm³/mol. The van der Waals surface area contributed by atoms with Crippen LogP contribution in [0.1, 0.15) is 49.8 Å². The van der Waals surface area contributed by atoms with Crippen LogP contribution in [0.5, 0.6) is 0 Å². The Labute approximate surface area is 172 Å². The number of hydrogen-bond donors (Lipinski definition) is 0. The number of carbonyl (C=O) groups is 2. The van der Waals surface area contributed by atoms with Gasteiger partial charge in [-0.1, -0.05) is 0 Å². The normalized spacial score (nSPS) is 11.9. The minimum atomic E-state index is -1.15. The van der Waals surface area contributed by atoms with Crippen LogP contribution in [0.25, 0.3) is 16.6 Å². The van der Waals surface area contributed by atoms with Crippen LogP contribution >= 0.6 is 0 Å². The first kappa shape index (κ1) is 20.9. The van der Waals surface area contributed by atoms with Crippen molar-refractivity contribution in [2.75, 3.05) is 6.61 Å². The highest BCUT2D eigenvalue weighted by atomic mass is 16.8. The van der Waals surface area contributed by atoms with Gasteiger partial charge in [0.25, 0.3) is 0 Å². The Morgan fingerprint density at radius 1 is 1.23 bits per heavy atom. The number of fused-ring (bicyclic) bond motifs is 1. The highest BCUT2D eigenvalue weighted by molar-refractivity contribution is 5.89. The Morgan fingerprint density at radius 3 is 2.67 bits per heavy atom. The van der Waals surface area contributed by atoms with E-state index in [2.05, 4.69) is 21.0 Å². The number of carbonyl (C=O) groups excluding carboxylic acids is 2. The molecule has 1 unspecified atom stereocenters. The molecule has 0 radical (unpaired) electrons. The number of nitriles is 1. The number of nitrogens with zero attached hydrogens (tertiary/aromatic N) is 5. The summed E-state index contributed by atoms with van der Waals surface area (Å²) < 4.78 is 16.4. The summed E-state index contributed by atoms with van der Waals surface area (Å²) in [5.74, 6) is -0.803. The molecule has 0 saturated carbocycles. The second-order valence-corrected chi connectivity index (χ2v) is 6.65. The minimum absolute atomic E-state index is 0.0605. The number of benzene rings is 1. The Bertz CT molecular complexity index is 1120. The second-order valence-electron chi connectivity index (χ2n) is 6.65. The summed E-state index contributed by atoms with van der Waals surface area (Å²) in [5.41, 5.74) is 1.98. The number of esters is 1. The van der Waals surface area contributed by atoms with E-state index in [0.717, 1.165) is 10.9 Å². The predicted octanol–water partition coefficient (Wildman–Crippen LogP) is 3.35. The van der Waals surface area contributed by atoms with Gasteiger partial charge < -0.3 is 18.8 Å². The van der Waals surface area contributed by atoms with Crippen LogP contribution in [0.4, 0.5) is 4.79 Å². The molecule has 0 fully saturated rings. The Hall–Kier alpha value is -3.87. The van der Waals surface area contributed by atoms with E-state index >= 15 is 0 Å². The van der Waals surface area contributed by atoms with Gasteiger partial charge in [-0.25, -0.2) is 9.59 Å². The molecule has 0 aliphatic rings. The van der Waals surface area contributed by atoms with Crippen LogP contribution in [0.15, 0.2) is 30.6 Å². The van der Waals surface area contributed by atoms with E-state index in [1.807, 2.05) is 30.7 Å². The molecule has 0 N–H and O–H groups in total. The van der Waals surface area contributed by atoms with Crippen LogP contribution in [0.3, 0.4) is 0 Å². The van der Waals surface area contributed by atoms with Gasteiger partial charge in [0, 0.05) is 30.1 Å². The molecule has 30 heavy (non-hydrogen) atoms. The maximum Gasteiger partial charge on any atom is 0.511 e. The Morgan fingerprint density at radius 2 is 2.00 bits per heavy atom. The van der Waals surface area contributed by atoms with Crippen LogP contribution in [-0.4, -0.2) is 44.6 Å². The Kier molecular flexibility index (Phi) is 6.01. The zero-order chi connectivity index (χ0) is 21.8. The van der Waals surface area contributed by atoms with Gasteiger partial charge >= 0.3 is 12.1 Å². The molecule has 1 atom stereocenters. The number of aromatic nitrogens is 4. The third kappa shape index (κ3) is 4.25. The molecule has 0 amide bonds. The van der Waals surface area contributed by atoms with Crippen molar-refractivity contribution in [3.8, 4) is 11.8 Å². The SMILES string of the molecule is CCOC(=O)OC(C)OC(=O)c1cnn(-c2ccc3c(c2)c(C#N)cn3C(C)C)n1. The van der Waals surface area contributed by atoms with E-state index in [1.54, 1.807) is 19.1 Å². The van der Waals surface area contributed by atoms with Gasteiger partial charge in [0.1, 0.15) is 6.07 Å². The fourth-order valence-corrected chi connectivity index (χ4v) is 2.89. The van der Waals surface area contributed by atoms with Crippen molar-refractivity contribution in [1.29, 1.82) is 5.26 Å². The third-order valence-electron chi connectivity index (χ3n) is 4.22. The van der Waals surface area contributed by atoms with Crippen LogP contribution in [0.2, 0.25) is 0 Å². The largest absolute Gasteiger partial charge is 0.511 e. The molecule has 10 heteroatoms. The summed E-state index contributed by atoms with van der Waals surface area (Å²) in [6, 6.07) is 7.85. The zero-order valence-electron chi connectivity index (χ0n) is 17.0. The Balaban J connectivity index is 1.80. The van der Waals surface area contributed by atoms with E-state index < -0.39 is 18.4 Å². The molecule has 10 nitrogen and oxygen atoms in total. The number of hydrogen-bond acceptors (Lipinski definition) is 8. The molecule has 1 aromatic carbocycles. The molecule has 0 saturated heterocycles. The highest BCUT2D eigenvalue weighted by Crippen LogP contribution is 2.26. The van der Waals surface area contributed by atoms with Gasteiger partial charge in [-0.15, -0.1) is 5.10 Å². The molecule has 3 aromatic rings. The topological polar surface area (TPSA) is 121 Å². The summed E-state index contributed by atoms with van der Waals surface area (Å²) in [6.07, 6.45) is 0.973. The maximum atomic E-state index is 12.2. The molecule has 0 spiro atoms. The fourth-order valence-electron chi connectivity index (χ4n) is 2.89. The van der Waals surface area contributed by atoms with E-state index in [1.165, 1.54) is 17.9 Å². The number of ether oxygens (including phenoxy) is 3. The molecular weight excluding hydrogens is 390 g/mol. The van der Waals surface area contributed by atoms with Gasteiger partial charge in [-0.05, 0) is 39.0 Å². The summed E-state index contributed by atoms with van der Waals surface area (Å²) in [6.45, 7) is 7.23. The lowest BCUT2D eigenvalue weighted by molar-refractivity contribution is -0.0814. The standard InChI is InChI=1S/C20H21N5O5/c1-5-28-20(27)30-13(4)29-19(26)17-10-22-25(23-17)15-6-7-18-16(8-15)14(9-21)11-24(18)12(2)3/h6-8,10-13H,5H2,1-4H3. The summed E-state index contributed by atoms with van der Waals surface area (Å²) in [7, 11) is 0. The van der Waals surface area contributed by atoms with Crippen molar-refractivity contribution in [3.63, 3.8) is 0 Å². The fraction of sp³-hybridized carbons (Fsp3) is 0.350. The monoisotopic (exact) mass is 411 g/mol. The summed E-state index contributed by atoms with van der Waals surface area (Å²) >= 11 is 0. The van der Waals surface area contributed by atoms with Crippen molar-refractivity contribution in [2.45, 2.75) is 40.0 Å². The molecule has 2 aromatic heterocycles. The van der Waals surface area contributed by atoms with E-state index in [0.29, 0.717) is 11.3 Å². The molecule has 2 heterocycles. The van der Waals surface area contributed by atoms with Crippen LogP contribution in [-0.2, 0) is 14.2 Å². The van der Waals surface area contributed by atoms with Gasteiger partial charge in [0.05, 0.1) is 24.1 Å². The molecule has 156 valence electrons. The van der Waals surface area contributed by atoms with Gasteiger partial charge in [-0.2, -0.15) is 15.2 Å². The molecule has 0 bridgehead atoms. The molecule has 0 aliphatic heterocycles. The van der Waals surface area contributed by atoms with E-state index in [-0.39, 0.29) is 18.3 Å². The first-order valence-corrected chi connectivity index (χ1v) is 9.35. The lowest BCUT2D eigenvalue weighted by atomic mass is 10.1. The highest BCUT2D eigenvalue weighted by Gasteiger charge is 2.20. The van der Waals surface area contributed by atoms with Crippen LogP contribution < -0.4 is 0 Å². The van der Waals surface area contributed by atoms with E-state index in [9.17, 15) is 14.9 Å². The van der Waals surface area contributed by atoms with Crippen molar-refractivity contribution >= 4 is 23.0 Å². The summed E-state index contributed by atoms with van der Waals surface area (Å²) in [5, 5.41) is 18.4. The van der Waals surface area contributed by atoms with Crippen molar-refractivity contribution in [3.05, 3.63) is 41.9 Å². The lowest BCUT2D eigenvalue weighted by Crippen LogP contribution is -2.22. The first-order valence-electron chi connectivity index (χ1n) is 9.35. The average molecular weight is 411 g/mol. The van der Waals surface area contributed by atoms with Crippen molar-refractivity contribution in [1.82, 2.24) is 19.6 Å². The quantitative estimate of drug-likeness (QED) is 0.447. The lowest BCUT2D eigenvalue weighted by Gasteiger charge is -2.12. The smallest absolute Gasteiger partial charge is 0.435 e. The first-order chi connectivity index (χ1) is 14.3. The second kappa shape index (κ2) is 8.65.